The van der Waals surface area contributed by atoms with Gasteiger partial charge in [0.1, 0.15) is 0 Å². The van der Waals surface area contributed by atoms with Crippen molar-refractivity contribution in [3.63, 3.8) is 0 Å². The molecular weight excluding hydrogens is 216 g/mol. The smallest absolute Gasteiger partial charge is 0.00579 e. The summed E-state index contributed by atoms with van der Waals surface area (Å²) >= 11 is 1.88. The molecule has 1 aliphatic rings. The second-order valence-electron chi connectivity index (χ2n) is 4.59. The summed E-state index contributed by atoms with van der Waals surface area (Å²) in [6.45, 7) is 8.31. The van der Waals surface area contributed by atoms with Crippen LogP contribution in [0.5, 0.6) is 0 Å². The molecule has 0 amide bonds. The van der Waals surface area contributed by atoms with Crippen molar-refractivity contribution in [1.29, 1.82) is 0 Å². The highest BCUT2D eigenvalue weighted by molar-refractivity contribution is 7.09. The molecule has 0 aliphatic carbocycles. The number of hydrogen-bond acceptors (Lipinski definition) is 3. The van der Waals surface area contributed by atoms with E-state index in [1.54, 1.807) is 0 Å². The molecule has 90 valence electrons. The van der Waals surface area contributed by atoms with Gasteiger partial charge in [-0.05, 0) is 49.8 Å². The fraction of sp³-hybridized carbons (Fsp3) is 0.692. The van der Waals surface area contributed by atoms with Gasteiger partial charge in [-0.25, -0.2) is 0 Å². The molecule has 1 saturated heterocycles. The molecule has 1 N–H and O–H groups in total. The standard InChI is InChI=1S/C13H22N2S/c1-2-14-10-12-5-7-15(11-12)8-6-13-4-3-9-16-13/h3-4,9,12,14H,2,5-8,10-11H2,1H3. The van der Waals surface area contributed by atoms with Crippen molar-refractivity contribution in [1.82, 2.24) is 10.2 Å². The molecule has 0 radical (unpaired) electrons. The third-order valence-electron chi connectivity index (χ3n) is 3.31. The molecule has 0 spiro atoms. The minimum absolute atomic E-state index is 0.878. The molecule has 1 aromatic rings. The molecule has 2 heterocycles. The van der Waals surface area contributed by atoms with Crippen LogP contribution in [0.3, 0.4) is 0 Å². The number of nitrogens with one attached hydrogen (secondary N) is 1. The lowest BCUT2D eigenvalue weighted by atomic mass is 10.1. The molecule has 3 heteroatoms. The van der Waals surface area contributed by atoms with Gasteiger partial charge in [-0.15, -0.1) is 11.3 Å². The maximum absolute atomic E-state index is 3.46. The van der Waals surface area contributed by atoms with Gasteiger partial charge >= 0.3 is 0 Å². The highest BCUT2D eigenvalue weighted by Gasteiger charge is 2.21. The van der Waals surface area contributed by atoms with Gasteiger partial charge in [-0.2, -0.15) is 0 Å². The predicted molar refractivity (Wildman–Crippen MR) is 71.1 cm³/mol. The van der Waals surface area contributed by atoms with E-state index in [-0.39, 0.29) is 0 Å². The molecule has 1 aromatic heterocycles. The zero-order valence-electron chi connectivity index (χ0n) is 10.1. The van der Waals surface area contributed by atoms with Crippen LogP contribution in [0.1, 0.15) is 18.2 Å². The minimum Gasteiger partial charge on any atom is -0.317 e. The maximum atomic E-state index is 3.46. The van der Waals surface area contributed by atoms with Crippen LogP contribution in [0.15, 0.2) is 17.5 Å². The Labute approximate surface area is 103 Å². The second-order valence-corrected chi connectivity index (χ2v) is 5.62. The van der Waals surface area contributed by atoms with Gasteiger partial charge in [0.05, 0.1) is 0 Å². The number of hydrogen-bond donors (Lipinski definition) is 1. The summed E-state index contributed by atoms with van der Waals surface area (Å²) in [7, 11) is 0. The first-order valence-corrected chi connectivity index (χ1v) is 7.22. The molecule has 1 unspecified atom stereocenters. The molecular formula is C13H22N2S. The summed E-state index contributed by atoms with van der Waals surface area (Å²) in [5.41, 5.74) is 0. The van der Waals surface area contributed by atoms with Crippen molar-refractivity contribution < 1.29 is 0 Å². The van der Waals surface area contributed by atoms with Crippen molar-refractivity contribution in [3.05, 3.63) is 22.4 Å². The molecule has 2 rings (SSSR count). The minimum atomic E-state index is 0.878. The van der Waals surface area contributed by atoms with Crippen LogP contribution in [-0.4, -0.2) is 37.6 Å². The number of likely N-dealkylation sites (tertiary alicyclic amines) is 1. The monoisotopic (exact) mass is 238 g/mol. The normalized spacial score (nSPS) is 21.7. The highest BCUT2D eigenvalue weighted by atomic mass is 32.1. The number of nitrogens with zero attached hydrogens (tertiary/aromatic N) is 1. The maximum Gasteiger partial charge on any atom is 0.00579 e. The Kier molecular flexibility index (Phi) is 4.82. The van der Waals surface area contributed by atoms with Crippen molar-refractivity contribution in [3.8, 4) is 0 Å². The summed E-state index contributed by atoms with van der Waals surface area (Å²) in [4.78, 5) is 4.14. The van der Waals surface area contributed by atoms with Gasteiger partial charge in [-0.1, -0.05) is 13.0 Å². The molecule has 1 fully saturated rings. The fourth-order valence-electron chi connectivity index (χ4n) is 2.35. The average molecular weight is 238 g/mol. The summed E-state index contributed by atoms with van der Waals surface area (Å²) in [5, 5.41) is 5.63. The number of rotatable bonds is 6. The first-order chi connectivity index (χ1) is 7.88. The van der Waals surface area contributed by atoms with E-state index in [4.69, 9.17) is 0 Å². The van der Waals surface area contributed by atoms with E-state index in [1.807, 2.05) is 11.3 Å². The van der Waals surface area contributed by atoms with Crippen molar-refractivity contribution in [2.45, 2.75) is 19.8 Å². The van der Waals surface area contributed by atoms with E-state index in [0.29, 0.717) is 0 Å². The van der Waals surface area contributed by atoms with E-state index < -0.39 is 0 Å². The van der Waals surface area contributed by atoms with E-state index in [1.165, 1.54) is 43.9 Å². The van der Waals surface area contributed by atoms with Crippen LogP contribution < -0.4 is 5.32 Å². The SMILES string of the molecule is CCNCC1CCN(CCc2cccs2)C1. The lowest BCUT2D eigenvalue weighted by Crippen LogP contribution is -2.27. The Morgan fingerprint density at radius 3 is 3.25 bits per heavy atom. The molecule has 1 atom stereocenters. The van der Waals surface area contributed by atoms with Crippen LogP contribution in [0.4, 0.5) is 0 Å². The zero-order chi connectivity index (χ0) is 11.2. The summed E-state index contributed by atoms with van der Waals surface area (Å²) < 4.78 is 0. The van der Waals surface area contributed by atoms with Gasteiger partial charge in [0, 0.05) is 18.0 Å². The fourth-order valence-corrected chi connectivity index (χ4v) is 3.05. The average Bonchev–Trinajstić information content (AvgIpc) is 2.95. The Hall–Kier alpha value is -0.380. The second kappa shape index (κ2) is 6.38. The Morgan fingerprint density at radius 2 is 2.50 bits per heavy atom. The zero-order valence-corrected chi connectivity index (χ0v) is 10.9. The van der Waals surface area contributed by atoms with Crippen molar-refractivity contribution in [2.24, 2.45) is 5.92 Å². The summed E-state index contributed by atoms with van der Waals surface area (Å²) in [6.07, 6.45) is 2.60. The van der Waals surface area contributed by atoms with E-state index in [9.17, 15) is 0 Å². The third kappa shape index (κ3) is 3.58. The first-order valence-electron chi connectivity index (χ1n) is 6.34. The lowest BCUT2D eigenvalue weighted by molar-refractivity contribution is 0.327. The quantitative estimate of drug-likeness (QED) is 0.817. The molecule has 2 nitrogen and oxygen atoms in total. The molecule has 1 aliphatic heterocycles. The van der Waals surface area contributed by atoms with E-state index >= 15 is 0 Å². The summed E-state index contributed by atoms with van der Waals surface area (Å²) in [5.74, 6) is 0.878. The Balaban J connectivity index is 1.65. The molecule has 0 aromatic carbocycles. The Bertz CT molecular complexity index is 284. The molecule has 16 heavy (non-hydrogen) atoms. The molecule has 0 saturated carbocycles. The van der Waals surface area contributed by atoms with Gasteiger partial charge in [0.2, 0.25) is 0 Å². The summed E-state index contributed by atoms with van der Waals surface area (Å²) in [6, 6.07) is 4.40. The Morgan fingerprint density at radius 1 is 1.56 bits per heavy atom. The van der Waals surface area contributed by atoms with Gasteiger partial charge in [0.25, 0.3) is 0 Å². The van der Waals surface area contributed by atoms with Crippen LogP contribution in [0, 0.1) is 5.92 Å². The third-order valence-corrected chi connectivity index (χ3v) is 4.24. The largest absolute Gasteiger partial charge is 0.317 e. The lowest BCUT2D eigenvalue weighted by Gasteiger charge is -2.15. The molecule has 0 bridgehead atoms. The van der Waals surface area contributed by atoms with Crippen LogP contribution in [0.2, 0.25) is 0 Å². The predicted octanol–water partition coefficient (Wildman–Crippen LogP) is 2.22. The van der Waals surface area contributed by atoms with Crippen LogP contribution in [0.25, 0.3) is 0 Å². The van der Waals surface area contributed by atoms with E-state index in [0.717, 1.165) is 12.5 Å². The van der Waals surface area contributed by atoms with Gasteiger partial charge < -0.3 is 10.2 Å². The first kappa shape index (κ1) is 12.1. The van der Waals surface area contributed by atoms with E-state index in [2.05, 4.69) is 34.7 Å². The van der Waals surface area contributed by atoms with Gasteiger partial charge in [0.15, 0.2) is 0 Å². The van der Waals surface area contributed by atoms with Gasteiger partial charge in [-0.3, -0.25) is 0 Å². The van der Waals surface area contributed by atoms with Crippen molar-refractivity contribution in [2.75, 3.05) is 32.7 Å². The van der Waals surface area contributed by atoms with Crippen molar-refractivity contribution >= 4 is 11.3 Å². The highest BCUT2D eigenvalue weighted by Crippen LogP contribution is 2.17. The number of thiophene rings is 1. The van der Waals surface area contributed by atoms with Crippen LogP contribution in [-0.2, 0) is 6.42 Å². The van der Waals surface area contributed by atoms with Crippen LogP contribution >= 0.6 is 11.3 Å². The topological polar surface area (TPSA) is 15.3 Å².